The van der Waals surface area contributed by atoms with Gasteiger partial charge < -0.3 is 14.7 Å². The molecule has 0 atom stereocenters. The van der Waals surface area contributed by atoms with E-state index < -0.39 is 0 Å². The molecule has 1 aromatic carbocycles. The number of aromatic nitrogens is 3. The van der Waals surface area contributed by atoms with Crippen LogP contribution in [0.5, 0.6) is 0 Å². The normalized spacial score (nSPS) is 14.5. The lowest BCUT2D eigenvalue weighted by molar-refractivity contribution is -0.120. The van der Waals surface area contributed by atoms with Crippen LogP contribution in [0.15, 0.2) is 34.9 Å². The van der Waals surface area contributed by atoms with Crippen molar-refractivity contribution in [3.05, 3.63) is 47.5 Å². The molecule has 140 valence electrons. The van der Waals surface area contributed by atoms with Gasteiger partial charge in [-0.1, -0.05) is 17.3 Å². The Balaban J connectivity index is 1.40. The van der Waals surface area contributed by atoms with Crippen LogP contribution in [0.3, 0.4) is 0 Å². The number of nitrogens with zero attached hydrogens (tertiary/aromatic N) is 4. The Bertz CT molecular complexity index is 946. The largest absolute Gasteiger partial charge is 0.357 e. The molecule has 3 aromatic rings. The van der Waals surface area contributed by atoms with E-state index in [1.165, 1.54) is 19.3 Å². The molecule has 4 rings (SSSR count). The molecule has 0 saturated carbocycles. The number of rotatable bonds is 5. The minimum atomic E-state index is -0.126. The molecule has 1 aliphatic heterocycles. The molecule has 0 unspecified atom stereocenters. The number of carbonyl (C=O) groups is 1. The minimum absolute atomic E-state index is 0.126. The molecule has 3 heterocycles. The highest BCUT2D eigenvalue weighted by Crippen LogP contribution is 2.19. The molecule has 7 nitrogen and oxygen atoms in total. The zero-order valence-electron chi connectivity index (χ0n) is 15.4. The second-order valence-corrected chi connectivity index (χ2v) is 6.91. The van der Waals surface area contributed by atoms with Gasteiger partial charge in [-0.3, -0.25) is 4.79 Å². The van der Waals surface area contributed by atoms with E-state index in [0.717, 1.165) is 30.0 Å². The van der Waals surface area contributed by atoms with E-state index in [4.69, 9.17) is 4.52 Å². The van der Waals surface area contributed by atoms with Crippen LogP contribution in [-0.4, -0.2) is 34.1 Å². The number of para-hydroxylation sites is 1. The van der Waals surface area contributed by atoms with Crippen molar-refractivity contribution in [3.8, 4) is 0 Å². The predicted octanol–water partition coefficient (Wildman–Crippen LogP) is 2.78. The van der Waals surface area contributed by atoms with Crippen molar-refractivity contribution >= 4 is 22.7 Å². The molecular formula is C20H23N5O2. The van der Waals surface area contributed by atoms with E-state index in [1.54, 1.807) is 0 Å². The standard InChI is InChI=1S/C20H23N5O2/c1-14-11-19(25-9-5-2-6-10-25)23-18(22-14)13-21-20(26)12-16-15-7-3-4-8-17(15)27-24-16/h3-4,7-8,11H,2,5-6,9-10,12-13H2,1H3,(H,21,26). The summed E-state index contributed by atoms with van der Waals surface area (Å²) in [5.41, 5.74) is 2.24. The molecule has 0 spiro atoms. The number of fused-ring (bicyclic) bond motifs is 1. The van der Waals surface area contributed by atoms with Crippen LogP contribution >= 0.6 is 0 Å². The van der Waals surface area contributed by atoms with Crippen LogP contribution in [0.4, 0.5) is 5.82 Å². The molecular weight excluding hydrogens is 342 g/mol. The van der Waals surface area contributed by atoms with Gasteiger partial charge >= 0.3 is 0 Å². The molecule has 0 radical (unpaired) electrons. The highest BCUT2D eigenvalue weighted by molar-refractivity contribution is 5.86. The number of benzene rings is 1. The lowest BCUT2D eigenvalue weighted by Crippen LogP contribution is -2.31. The predicted molar refractivity (Wildman–Crippen MR) is 102 cm³/mol. The van der Waals surface area contributed by atoms with Gasteiger partial charge in [0.25, 0.3) is 0 Å². The van der Waals surface area contributed by atoms with Gasteiger partial charge in [0.15, 0.2) is 5.58 Å². The van der Waals surface area contributed by atoms with Crippen LogP contribution in [0.2, 0.25) is 0 Å². The average molecular weight is 365 g/mol. The van der Waals surface area contributed by atoms with Crippen LogP contribution in [0, 0.1) is 6.92 Å². The molecule has 1 aliphatic rings. The van der Waals surface area contributed by atoms with Gasteiger partial charge in [0.2, 0.25) is 5.91 Å². The fourth-order valence-corrected chi connectivity index (χ4v) is 3.43. The van der Waals surface area contributed by atoms with Crippen molar-refractivity contribution < 1.29 is 9.32 Å². The van der Waals surface area contributed by atoms with E-state index in [2.05, 4.69) is 25.3 Å². The van der Waals surface area contributed by atoms with Crippen molar-refractivity contribution in [2.75, 3.05) is 18.0 Å². The summed E-state index contributed by atoms with van der Waals surface area (Å²) in [6.45, 7) is 4.32. The molecule has 27 heavy (non-hydrogen) atoms. The Morgan fingerprint density at radius 1 is 1.19 bits per heavy atom. The summed E-state index contributed by atoms with van der Waals surface area (Å²) in [4.78, 5) is 23.7. The van der Waals surface area contributed by atoms with E-state index in [-0.39, 0.29) is 12.3 Å². The van der Waals surface area contributed by atoms with Crippen LogP contribution in [0.1, 0.15) is 36.5 Å². The molecule has 2 aromatic heterocycles. The van der Waals surface area contributed by atoms with Gasteiger partial charge in [0, 0.05) is 30.2 Å². The summed E-state index contributed by atoms with van der Waals surface area (Å²) >= 11 is 0. The topological polar surface area (TPSA) is 84.2 Å². The Morgan fingerprint density at radius 2 is 2.00 bits per heavy atom. The number of nitrogens with one attached hydrogen (secondary N) is 1. The second-order valence-electron chi connectivity index (χ2n) is 6.91. The summed E-state index contributed by atoms with van der Waals surface area (Å²) in [5, 5.41) is 7.77. The van der Waals surface area contributed by atoms with E-state index >= 15 is 0 Å². The number of anilines is 1. The second kappa shape index (κ2) is 7.73. The van der Waals surface area contributed by atoms with Gasteiger partial charge in [-0.2, -0.15) is 0 Å². The van der Waals surface area contributed by atoms with Crippen molar-refractivity contribution in [1.29, 1.82) is 0 Å². The summed E-state index contributed by atoms with van der Waals surface area (Å²) < 4.78 is 5.25. The first-order chi connectivity index (χ1) is 13.2. The van der Waals surface area contributed by atoms with Gasteiger partial charge in [-0.05, 0) is 38.3 Å². The van der Waals surface area contributed by atoms with Crippen LogP contribution < -0.4 is 10.2 Å². The summed E-state index contributed by atoms with van der Waals surface area (Å²) in [6, 6.07) is 9.55. The SMILES string of the molecule is Cc1cc(N2CCCCC2)nc(CNC(=O)Cc2noc3ccccc23)n1. The number of amides is 1. The number of hydrogen-bond donors (Lipinski definition) is 1. The minimum Gasteiger partial charge on any atom is -0.357 e. The maximum Gasteiger partial charge on any atom is 0.226 e. The maximum atomic E-state index is 12.3. The van der Waals surface area contributed by atoms with Crippen molar-refractivity contribution in [2.24, 2.45) is 0 Å². The highest BCUT2D eigenvalue weighted by Gasteiger charge is 2.15. The zero-order valence-corrected chi connectivity index (χ0v) is 15.4. The van der Waals surface area contributed by atoms with E-state index in [0.29, 0.717) is 23.6 Å². The first-order valence-corrected chi connectivity index (χ1v) is 9.38. The Kier molecular flexibility index (Phi) is 5.00. The van der Waals surface area contributed by atoms with E-state index in [9.17, 15) is 4.79 Å². The van der Waals surface area contributed by atoms with Crippen molar-refractivity contribution in [3.63, 3.8) is 0 Å². The third-order valence-corrected chi connectivity index (χ3v) is 4.79. The molecule has 1 saturated heterocycles. The number of piperidine rings is 1. The summed E-state index contributed by atoms with van der Waals surface area (Å²) in [7, 11) is 0. The first-order valence-electron chi connectivity index (χ1n) is 9.38. The van der Waals surface area contributed by atoms with Gasteiger partial charge in [-0.25, -0.2) is 9.97 Å². The number of hydrogen-bond acceptors (Lipinski definition) is 6. The average Bonchev–Trinajstić information content (AvgIpc) is 3.10. The molecule has 7 heteroatoms. The first kappa shape index (κ1) is 17.5. The quantitative estimate of drug-likeness (QED) is 0.748. The smallest absolute Gasteiger partial charge is 0.226 e. The van der Waals surface area contributed by atoms with Gasteiger partial charge in [0.1, 0.15) is 17.3 Å². The summed E-state index contributed by atoms with van der Waals surface area (Å²) in [5.74, 6) is 1.46. The Hall–Kier alpha value is -2.96. The summed E-state index contributed by atoms with van der Waals surface area (Å²) in [6.07, 6.45) is 3.84. The molecule has 1 amide bonds. The molecule has 0 bridgehead atoms. The van der Waals surface area contributed by atoms with Crippen molar-refractivity contribution in [1.82, 2.24) is 20.4 Å². The molecule has 0 aliphatic carbocycles. The number of carbonyl (C=O) groups excluding carboxylic acids is 1. The van der Waals surface area contributed by atoms with E-state index in [1.807, 2.05) is 37.3 Å². The lowest BCUT2D eigenvalue weighted by atomic mass is 10.1. The van der Waals surface area contributed by atoms with Gasteiger partial charge in [-0.15, -0.1) is 0 Å². The zero-order chi connectivity index (χ0) is 18.6. The fraction of sp³-hybridized carbons (Fsp3) is 0.400. The Labute approximate surface area is 157 Å². The van der Waals surface area contributed by atoms with Crippen LogP contribution in [-0.2, 0) is 17.8 Å². The van der Waals surface area contributed by atoms with Crippen molar-refractivity contribution in [2.45, 2.75) is 39.2 Å². The monoisotopic (exact) mass is 365 g/mol. The Morgan fingerprint density at radius 3 is 2.85 bits per heavy atom. The lowest BCUT2D eigenvalue weighted by Gasteiger charge is -2.28. The highest BCUT2D eigenvalue weighted by atomic mass is 16.5. The third-order valence-electron chi connectivity index (χ3n) is 4.79. The molecule has 1 fully saturated rings. The van der Waals surface area contributed by atoms with Crippen LogP contribution in [0.25, 0.3) is 11.0 Å². The molecule has 1 N–H and O–H groups in total. The number of aryl methyl sites for hydroxylation is 1. The fourth-order valence-electron chi connectivity index (χ4n) is 3.43. The third kappa shape index (κ3) is 4.07. The van der Waals surface area contributed by atoms with Gasteiger partial charge in [0.05, 0.1) is 13.0 Å². The maximum absolute atomic E-state index is 12.3.